The fraction of sp³-hybridized carbons (Fsp3) is 0.200. The van der Waals surface area contributed by atoms with Crippen LogP contribution in [0.5, 0.6) is 0 Å². The molecular formula is C10H11N3O2. The second kappa shape index (κ2) is 4.00. The van der Waals surface area contributed by atoms with E-state index >= 15 is 0 Å². The summed E-state index contributed by atoms with van der Waals surface area (Å²) >= 11 is 0. The van der Waals surface area contributed by atoms with Crippen LogP contribution < -0.4 is 10.6 Å². The molecule has 0 saturated carbocycles. The quantitative estimate of drug-likeness (QED) is 0.784. The van der Waals surface area contributed by atoms with Crippen LogP contribution in [0.15, 0.2) is 28.7 Å². The van der Waals surface area contributed by atoms with Gasteiger partial charge in [-0.3, -0.25) is 4.79 Å². The number of carbonyl (C=O) groups is 1. The summed E-state index contributed by atoms with van der Waals surface area (Å²) in [7, 11) is 1.58. The van der Waals surface area contributed by atoms with Crippen molar-refractivity contribution in [2.24, 2.45) is 0 Å². The molecule has 0 spiro atoms. The number of nitrogens with zero attached hydrogens (tertiary/aromatic N) is 1. The van der Waals surface area contributed by atoms with Gasteiger partial charge in [0.05, 0.1) is 6.54 Å². The number of amides is 1. The number of hydrogen-bond donors (Lipinski definition) is 2. The zero-order valence-corrected chi connectivity index (χ0v) is 8.28. The van der Waals surface area contributed by atoms with Crippen LogP contribution in [-0.2, 0) is 4.79 Å². The van der Waals surface area contributed by atoms with Crippen molar-refractivity contribution in [1.82, 2.24) is 10.3 Å². The summed E-state index contributed by atoms with van der Waals surface area (Å²) in [6.07, 6.45) is 0. The van der Waals surface area contributed by atoms with E-state index in [0.29, 0.717) is 11.6 Å². The van der Waals surface area contributed by atoms with E-state index in [1.54, 1.807) is 7.05 Å². The monoisotopic (exact) mass is 205 g/mol. The first-order valence-corrected chi connectivity index (χ1v) is 4.59. The number of aromatic nitrogens is 1. The lowest BCUT2D eigenvalue weighted by atomic mass is 10.3. The summed E-state index contributed by atoms with van der Waals surface area (Å²) in [6, 6.07) is 7.79. The van der Waals surface area contributed by atoms with E-state index in [0.717, 1.165) is 5.52 Å². The molecule has 2 aromatic rings. The van der Waals surface area contributed by atoms with Gasteiger partial charge in [0.15, 0.2) is 5.58 Å². The number of carbonyl (C=O) groups excluding carboxylic acids is 1. The van der Waals surface area contributed by atoms with Crippen LogP contribution >= 0.6 is 0 Å². The minimum absolute atomic E-state index is 0.114. The van der Waals surface area contributed by atoms with E-state index in [2.05, 4.69) is 15.6 Å². The summed E-state index contributed by atoms with van der Waals surface area (Å²) in [5.41, 5.74) is 1.48. The zero-order chi connectivity index (χ0) is 10.7. The minimum atomic E-state index is -0.114. The Morgan fingerprint density at radius 2 is 2.27 bits per heavy atom. The number of nitrogens with one attached hydrogen (secondary N) is 2. The minimum Gasteiger partial charge on any atom is -0.424 e. The van der Waals surface area contributed by atoms with Gasteiger partial charge < -0.3 is 15.1 Å². The molecule has 0 aliphatic carbocycles. The molecule has 1 heterocycles. The van der Waals surface area contributed by atoms with Crippen molar-refractivity contribution in [2.75, 3.05) is 18.9 Å². The van der Waals surface area contributed by atoms with Crippen LogP contribution in [0.3, 0.4) is 0 Å². The molecule has 15 heavy (non-hydrogen) atoms. The number of rotatable bonds is 3. The molecule has 0 bridgehead atoms. The van der Waals surface area contributed by atoms with Gasteiger partial charge >= 0.3 is 0 Å². The maximum absolute atomic E-state index is 11.0. The number of oxazole rings is 1. The van der Waals surface area contributed by atoms with Crippen molar-refractivity contribution in [3.63, 3.8) is 0 Å². The normalized spacial score (nSPS) is 10.2. The number of anilines is 1. The van der Waals surface area contributed by atoms with Gasteiger partial charge in [-0.05, 0) is 12.1 Å². The molecule has 0 radical (unpaired) electrons. The summed E-state index contributed by atoms with van der Waals surface area (Å²) in [6.45, 7) is 0.156. The highest BCUT2D eigenvalue weighted by Crippen LogP contribution is 2.17. The van der Waals surface area contributed by atoms with Gasteiger partial charge in [0.1, 0.15) is 5.52 Å². The van der Waals surface area contributed by atoms with Gasteiger partial charge in [0.25, 0.3) is 6.01 Å². The molecule has 0 atom stereocenters. The van der Waals surface area contributed by atoms with Crippen molar-refractivity contribution in [2.45, 2.75) is 0 Å². The standard InChI is InChI=1S/C10H11N3O2/c1-11-9(14)6-12-10-13-7-4-2-3-5-8(7)15-10/h2-5H,6H2,1H3,(H,11,14)(H,12,13). The number of likely N-dealkylation sites (N-methyl/N-ethyl adjacent to an activating group) is 1. The maximum atomic E-state index is 11.0. The third-order valence-electron chi connectivity index (χ3n) is 1.97. The smallest absolute Gasteiger partial charge is 0.296 e. The Morgan fingerprint density at radius 1 is 1.47 bits per heavy atom. The molecule has 0 aliphatic heterocycles. The largest absolute Gasteiger partial charge is 0.424 e. The van der Waals surface area contributed by atoms with Crippen LogP contribution in [0.4, 0.5) is 6.01 Å². The van der Waals surface area contributed by atoms with Crippen LogP contribution in [0.25, 0.3) is 11.1 Å². The Bertz CT molecular complexity index is 445. The summed E-state index contributed by atoms with van der Waals surface area (Å²) in [5.74, 6) is -0.114. The average molecular weight is 205 g/mol. The van der Waals surface area contributed by atoms with Gasteiger partial charge in [-0.15, -0.1) is 0 Å². The lowest BCUT2D eigenvalue weighted by Gasteiger charge is -1.98. The van der Waals surface area contributed by atoms with Crippen LogP contribution in [0.1, 0.15) is 0 Å². The van der Waals surface area contributed by atoms with E-state index in [1.165, 1.54) is 0 Å². The van der Waals surface area contributed by atoms with Crippen molar-refractivity contribution in [3.8, 4) is 0 Å². The van der Waals surface area contributed by atoms with E-state index in [9.17, 15) is 4.79 Å². The Kier molecular flexibility index (Phi) is 2.53. The number of benzene rings is 1. The molecule has 5 nitrogen and oxygen atoms in total. The van der Waals surface area contributed by atoms with Crippen molar-refractivity contribution >= 4 is 23.0 Å². The molecule has 1 aromatic carbocycles. The lowest BCUT2D eigenvalue weighted by Crippen LogP contribution is -2.26. The highest BCUT2D eigenvalue weighted by Gasteiger charge is 2.05. The molecule has 78 valence electrons. The third kappa shape index (κ3) is 2.07. The molecule has 1 amide bonds. The van der Waals surface area contributed by atoms with E-state index in [1.807, 2.05) is 24.3 Å². The molecule has 0 fully saturated rings. The van der Waals surface area contributed by atoms with Gasteiger partial charge in [0.2, 0.25) is 5.91 Å². The van der Waals surface area contributed by atoms with Crippen LogP contribution in [-0.4, -0.2) is 24.5 Å². The lowest BCUT2D eigenvalue weighted by molar-refractivity contribution is -0.118. The maximum Gasteiger partial charge on any atom is 0.296 e. The molecule has 0 saturated heterocycles. The first-order valence-electron chi connectivity index (χ1n) is 4.59. The molecule has 1 aromatic heterocycles. The highest BCUT2D eigenvalue weighted by atomic mass is 16.4. The molecule has 0 unspecified atom stereocenters. The molecule has 2 rings (SSSR count). The fourth-order valence-electron chi connectivity index (χ4n) is 1.19. The number of para-hydroxylation sites is 2. The molecule has 5 heteroatoms. The molecule has 2 N–H and O–H groups in total. The summed E-state index contributed by atoms with van der Waals surface area (Å²) in [4.78, 5) is 15.1. The Balaban J connectivity index is 2.12. The van der Waals surface area contributed by atoms with E-state index in [-0.39, 0.29) is 12.5 Å². The Morgan fingerprint density at radius 3 is 3.00 bits per heavy atom. The first-order chi connectivity index (χ1) is 7.29. The SMILES string of the molecule is CNC(=O)CNc1nc2ccccc2o1. The van der Waals surface area contributed by atoms with Crippen molar-refractivity contribution in [1.29, 1.82) is 0 Å². The average Bonchev–Trinajstić information content (AvgIpc) is 2.68. The predicted molar refractivity (Wildman–Crippen MR) is 56.6 cm³/mol. The number of hydrogen-bond acceptors (Lipinski definition) is 4. The summed E-state index contributed by atoms with van der Waals surface area (Å²) < 4.78 is 5.36. The predicted octanol–water partition coefficient (Wildman–Crippen LogP) is 0.986. The fourth-order valence-corrected chi connectivity index (χ4v) is 1.19. The van der Waals surface area contributed by atoms with Crippen molar-refractivity contribution in [3.05, 3.63) is 24.3 Å². The highest BCUT2D eigenvalue weighted by molar-refractivity contribution is 5.80. The van der Waals surface area contributed by atoms with Crippen LogP contribution in [0, 0.1) is 0 Å². The van der Waals surface area contributed by atoms with E-state index in [4.69, 9.17) is 4.42 Å². The number of fused-ring (bicyclic) bond motifs is 1. The molecule has 0 aliphatic rings. The topological polar surface area (TPSA) is 67.2 Å². The Labute approximate surface area is 86.5 Å². The third-order valence-corrected chi connectivity index (χ3v) is 1.97. The van der Waals surface area contributed by atoms with Gasteiger partial charge in [0, 0.05) is 7.05 Å². The van der Waals surface area contributed by atoms with Gasteiger partial charge in [-0.25, -0.2) is 0 Å². The summed E-state index contributed by atoms with van der Waals surface area (Å²) in [5, 5.41) is 5.29. The van der Waals surface area contributed by atoms with Crippen LogP contribution in [0.2, 0.25) is 0 Å². The Hall–Kier alpha value is -2.04. The molecular weight excluding hydrogens is 194 g/mol. The first kappa shape index (κ1) is 9.51. The van der Waals surface area contributed by atoms with Gasteiger partial charge in [-0.1, -0.05) is 12.1 Å². The van der Waals surface area contributed by atoms with E-state index < -0.39 is 0 Å². The second-order valence-electron chi connectivity index (χ2n) is 3.01. The zero-order valence-electron chi connectivity index (χ0n) is 8.28. The van der Waals surface area contributed by atoms with Gasteiger partial charge in [-0.2, -0.15) is 4.98 Å². The second-order valence-corrected chi connectivity index (χ2v) is 3.01. The van der Waals surface area contributed by atoms with Crippen molar-refractivity contribution < 1.29 is 9.21 Å².